The number of anilines is 1. The Kier molecular flexibility index (Phi) is 2.52. The van der Waals surface area contributed by atoms with Crippen LogP contribution in [-0.2, 0) is 0 Å². The molecular weight excluding hydrogens is 254 g/mol. The van der Waals surface area contributed by atoms with E-state index in [2.05, 4.69) is 40.0 Å². The van der Waals surface area contributed by atoms with Gasteiger partial charge in [-0.15, -0.1) is 0 Å². The molecular formula is C11H12BrN3. The molecule has 78 valence electrons. The predicted octanol–water partition coefficient (Wildman–Crippen LogP) is 2.83. The number of nitrogens with zero attached hydrogens (tertiary/aromatic N) is 2. The largest absolute Gasteiger partial charge is 0.369 e. The second kappa shape index (κ2) is 3.70. The highest BCUT2D eigenvalue weighted by Crippen LogP contribution is 2.24. The molecule has 3 nitrogen and oxygen atoms in total. The van der Waals surface area contributed by atoms with E-state index in [0.717, 1.165) is 15.9 Å². The Bertz CT molecular complexity index is 503. The molecule has 0 spiro atoms. The van der Waals surface area contributed by atoms with Crippen molar-refractivity contribution in [1.29, 1.82) is 0 Å². The number of aryl methyl sites for hydroxylation is 2. The quantitative estimate of drug-likeness (QED) is 0.862. The summed E-state index contributed by atoms with van der Waals surface area (Å²) in [6, 6.07) is 6.13. The number of hydrogen-bond donors (Lipinski definition) is 1. The smallest absolute Gasteiger partial charge is 0.205 e. The molecule has 0 saturated carbocycles. The molecule has 2 aromatic rings. The Hall–Kier alpha value is -1.29. The molecule has 1 aromatic heterocycles. The van der Waals surface area contributed by atoms with Gasteiger partial charge in [-0.25, -0.2) is 4.98 Å². The van der Waals surface area contributed by atoms with Crippen molar-refractivity contribution >= 4 is 21.9 Å². The molecule has 2 N–H and O–H groups in total. The SMILES string of the molecule is Cc1ccc(-n2cc(C)nc2N)c(Br)c1. The summed E-state index contributed by atoms with van der Waals surface area (Å²) < 4.78 is 2.89. The topological polar surface area (TPSA) is 43.8 Å². The summed E-state index contributed by atoms with van der Waals surface area (Å²) in [5.74, 6) is 0.511. The Labute approximate surface area is 97.1 Å². The third-order valence-corrected chi connectivity index (χ3v) is 2.85. The van der Waals surface area contributed by atoms with Crippen LogP contribution in [0.3, 0.4) is 0 Å². The zero-order valence-electron chi connectivity index (χ0n) is 8.66. The lowest BCUT2D eigenvalue weighted by Crippen LogP contribution is -2.00. The van der Waals surface area contributed by atoms with Gasteiger partial charge in [0.2, 0.25) is 5.95 Å². The monoisotopic (exact) mass is 265 g/mol. The van der Waals surface area contributed by atoms with Crippen LogP contribution in [0.15, 0.2) is 28.9 Å². The highest BCUT2D eigenvalue weighted by molar-refractivity contribution is 9.10. The lowest BCUT2D eigenvalue weighted by Gasteiger charge is -2.07. The average Bonchev–Trinajstić information content (AvgIpc) is 2.45. The van der Waals surface area contributed by atoms with Gasteiger partial charge in [0.1, 0.15) is 0 Å². The van der Waals surface area contributed by atoms with Crippen molar-refractivity contribution in [1.82, 2.24) is 9.55 Å². The zero-order valence-corrected chi connectivity index (χ0v) is 10.2. The molecule has 0 aliphatic rings. The highest BCUT2D eigenvalue weighted by Gasteiger charge is 2.07. The molecule has 0 unspecified atom stereocenters. The maximum Gasteiger partial charge on any atom is 0.205 e. The molecule has 15 heavy (non-hydrogen) atoms. The summed E-state index contributed by atoms with van der Waals surface area (Å²) in [7, 11) is 0. The molecule has 0 amide bonds. The van der Waals surface area contributed by atoms with Crippen molar-refractivity contribution in [3.63, 3.8) is 0 Å². The van der Waals surface area contributed by atoms with Crippen LogP contribution in [0.25, 0.3) is 5.69 Å². The maximum atomic E-state index is 5.81. The van der Waals surface area contributed by atoms with E-state index in [1.807, 2.05) is 23.8 Å². The van der Waals surface area contributed by atoms with E-state index in [9.17, 15) is 0 Å². The number of nitrogens with two attached hydrogens (primary N) is 1. The van der Waals surface area contributed by atoms with E-state index in [0.29, 0.717) is 5.95 Å². The lowest BCUT2D eigenvalue weighted by molar-refractivity contribution is 1.06. The fourth-order valence-corrected chi connectivity index (χ4v) is 2.20. The van der Waals surface area contributed by atoms with Crippen LogP contribution in [-0.4, -0.2) is 9.55 Å². The molecule has 0 fully saturated rings. The molecule has 1 heterocycles. The van der Waals surface area contributed by atoms with Gasteiger partial charge in [-0.05, 0) is 47.5 Å². The molecule has 1 aromatic carbocycles. The van der Waals surface area contributed by atoms with Gasteiger partial charge in [0.05, 0.1) is 11.4 Å². The highest BCUT2D eigenvalue weighted by atomic mass is 79.9. The van der Waals surface area contributed by atoms with Crippen molar-refractivity contribution < 1.29 is 0 Å². The predicted molar refractivity (Wildman–Crippen MR) is 65.2 cm³/mol. The van der Waals surface area contributed by atoms with E-state index < -0.39 is 0 Å². The normalized spacial score (nSPS) is 10.6. The second-order valence-electron chi connectivity index (χ2n) is 3.57. The van der Waals surface area contributed by atoms with Gasteiger partial charge in [-0.2, -0.15) is 0 Å². The number of imidazole rings is 1. The van der Waals surface area contributed by atoms with Crippen molar-refractivity contribution in [2.75, 3.05) is 5.73 Å². The van der Waals surface area contributed by atoms with Gasteiger partial charge in [0.15, 0.2) is 0 Å². The molecule has 0 atom stereocenters. The van der Waals surface area contributed by atoms with Gasteiger partial charge < -0.3 is 5.73 Å². The van der Waals surface area contributed by atoms with Crippen molar-refractivity contribution in [3.8, 4) is 5.69 Å². The first-order valence-electron chi connectivity index (χ1n) is 4.66. The summed E-state index contributed by atoms with van der Waals surface area (Å²) in [5.41, 5.74) is 8.95. The van der Waals surface area contributed by atoms with Gasteiger partial charge >= 0.3 is 0 Å². The van der Waals surface area contributed by atoms with Gasteiger partial charge in [-0.3, -0.25) is 4.57 Å². The van der Waals surface area contributed by atoms with Gasteiger partial charge in [0, 0.05) is 10.7 Å². The Balaban J connectivity index is 2.59. The molecule has 2 rings (SSSR count). The summed E-state index contributed by atoms with van der Waals surface area (Å²) in [6.45, 7) is 3.98. The average molecular weight is 266 g/mol. The number of hydrogen-bond acceptors (Lipinski definition) is 2. The molecule has 0 saturated heterocycles. The fourth-order valence-electron chi connectivity index (χ4n) is 1.52. The third-order valence-electron chi connectivity index (χ3n) is 2.22. The van der Waals surface area contributed by atoms with Crippen LogP contribution in [0.5, 0.6) is 0 Å². The summed E-state index contributed by atoms with van der Waals surface area (Å²) >= 11 is 3.52. The van der Waals surface area contributed by atoms with Gasteiger partial charge in [0.25, 0.3) is 0 Å². The number of aromatic nitrogens is 2. The first-order chi connectivity index (χ1) is 7.08. The minimum Gasteiger partial charge on any atom is -0.369 e. The number of rotatable bonds is 1. The summed E-state index contributed by atoms with van der Waals surface area (Å²) in [5, 5.41) is 0. The first kappa shape index (κ1) is 10.2. The van der Waals surface area contributed by atoms with Crippen molar-refractivity contribution in [2.45, 2.75) is 13.8 Å². The van der Waals surface area contributed by atoms with E-state index in [4.69, 9.17) is 5.73 Å². The van der Waals surface area contributed by atoms with Crippen molar-refractivity contribution in [3.05, 3.63) is 40.1 Å². The van der Waals surface area contributed by atoms with Crippen LogP contribution in [0, 0.1) is 13.8 Å². The van der Waals surface area contributed by atoms with Crippen LogP contribution >= 0.6 is 15.9 Å². The van der Waals surface area contributed by atoms with Crippen LogP contribution in [0.2, 0.25) is 0 Å². The number of benzene rings is 1. The number of halogens is 1. The van der Waals surface area contributed by atoms with Crippen molar-refractivity contribution in [2.24, 2.45) is 0 Å². The molecule has 0 aliphatic heterocycles. The fraction of sp³-hybridized carbons (Fsp3) is 0.182. The maximum absolute atomic E-state index is 5.81. The van der Waals surface area contributed by atoms with E-state index in [1.165, 1.54) is 5.56 Å². The Morgan fingerprint density at radius 3 is 2.60 bits per heavy atom. The van der Waals surface area contributed by atoms with Crippen LogP contribution in [0.1, 0.15) is 11.3 Å². The second-order valence-corrected chi connectivity index (χ2v) is 4.42. The third kappa shape index (κ3) is 1.90. The van der Waals surface area contributed by atoms with E-state index in [1.54, 1.807) is 0 Å². The summed E-state index contributed by atoms with van der Waals surface area (Å²) in [4.78, 5) is 4.17. The Morgan fingerprint density at radius 1 is 1.33 bits per heavy atom. The van der Waals surface area contributed by atoms with E-state index in [-0.39, 0.29) is 0 Å². The number of nitrogen functional groups attached to an aromatic ring is 1. The summed E-state index contributed by atoms with van der Waals surface area (Å²) in [6.07, 6.45) is 1.92. The first-order valence-corrected chi connectivity index (χ1v) is 5.45. The van der Waals surface area contributed by atoms with Gasteiger partial charge in [-0.1, -0.05) is 6.07 Å². The molecule has 0 bridgehead atoms. The molecule has 0 radical (unpaired) electrons. The van der Waals surface area contributed by atoms with Crippen LogP contribution in [0.4, 0.5) is 5.95 Å². The zero-order chi connectivity index (χ0) is 11.0. The Morgan fingerprint density at radius 2 is 2.07 bits per heavy atom. The minimum absolute atomic E-state index is 0.511. The minimum atomic E-state index is 0.511. The van der Waals surface area contributed by atoms with Crippen LogP contribution < -0.4 is 5.73 Å². The van der Waals surface area contributed by atoms with E-state index >= 15 is 0 Å². The molecule has 0 aliphatic carbocycles. The lowest BCUT2D eigenvalue weighted by atomic mass is 10.2. The standard InChI is InChI=1S/C11H12BrN3/c1-7-3-4-10(9(12)5-7)15-6-8(2)14-11(15)13/h3-6H,1-2H3,(H2,13,14). The molecule has 4 heteroatoms.